The normalized spacial score (nSPS) is 13.7. The highest BCUT2D eigenvalue weighted by atomic mass is 16.7. The Bertz CT molecular complexity index is 1280. The van der Waals surface area contributed by atoms with Crippen LogP contribution in [0.15, 0.2) is 66.7 Å². The number of nitrogens with zero attached hydrogens (tertiary/aromatic N) is 1. The zero-order chi connectivity index (χ0) is 27.8. The van der Waals surface area contributed by atoms with Crippen LogP contribution in [-0.2, 0) is 4.79 Å². The number of ether oxygens (including phenoxy) is 4. The fourth-order valence-electron chi connectivity index (χ4n) is 4.72. The summed E-state index contributed by atoms with van der Waals surface area (Å²) in [4.78, 5) is 13.6. The lowest BCUT2D eigenvalue weighted by Gasteiger charge is -2.22. The molecule has 7 nitrogen and oxygen atoms in total. The largest absolute Gasteiger partial charge is 0.491 e. The van der Waals surface area contributed by atoms with Gasteiger partial charge in [-0.05, 0) is 83.7 Å². The van der Waals surface area contributed by atoms with Gasteiger partial charge in [-0.15, -0.1) is 0 Å². The van der Waals surface area contributed by atoms with Crippen LogP contribution in [0.5, 0.6) is 23.0 Å². The summed E-state index contributed by atoms with van der Waals surface area (Å²) in [5, 5.41) is 10.4. The first-order chi connectivity index (χ1) is 18.9. The van der Waals surface area contributed by atoms with Gasteiger partial charge >= 0.3 is 5.97 Å². The minimum atomic E-state index is -0.562. The Morgan fingerprint density at radius 3 is 2.05 bits per heavy atom. The molecule has 0 amide bonds. The van der Waals surface area contributed by atoms with Gasteiger partial charge in [-0.2, -0.15) is 0 Å². The zero-order valence-corrected chi connectivity index (χ0v) is 23.1. The Morgan fingerprint density at radius 1 is 0.872 bits per heavy atom. The molecule has 206 valence electrons. The van der Waals surface area contributed by atoms with Crippen LogP contribution in [0, 0.1) is 0 Å². The molecule has 0 spiro atoms. The SMILES string of the molecule is CCC(=C(c1ccc(OCC(O)CN(CC)CC)cc1)c1ccc(OC(C)=O)cc1)c1ccc2c(c1)OCO2. The van der Waals surface area contributed by atoms with Gasteiger partial charge in [0.15, 0.2) is 11.5 Å². The lowest BCUT2D eigenvalue weighted by atomic mass is 9.88. The molecule has 0 saturated heterocycles. The maximum atomic E-state index is 11.4. The van der Waals surface area contributed by atoms with E-state index in [0.717, 1.165) is 58.8 Å². The highest BCUT2D eigenvalue weighted by Gasteiger charge is 2.18. The summed E-state index contributed by atoms with van der Waals surface area (Å²) in [6, 6.07) is 21.5. The molecule has 39 heavy (non-hydrogen) atoms. The molecule has 0 bridgehead atoms. The lowest BCUT2D eigenvalue weighted by molar-refractivity contribution is -0.131. The second kappa shape index (κ2) is 13.3. The molecule has 1 heterocycles. The van der Waals surface area contributed by atoms with E-state index in [1.807, 2.05) is 54.6 Å². The van der Waals surface area contributed by atoms with E-state index in [2.05, 4.69) is 25.7 Å². The van der Waals surface area contributed by atoms with Crippen molar-refractivity contribution in [3.8, 4) is 23.0 Å². The number of hydrogen-bond donors (Lipinski definition) is 1. The van der Waals surface area contributed by atoms with Crippen molar-refractivity contribution in [2.24, 2.45) is 0 Å². The molecule has 1 aliphatic heterocycles. The summed E-state index contributed by atoms with van der Waals surface area (Å²) >= 11 is 0. The first-order valence-electron chi connectivity index (χ1n) is 13.5. The Hall–Kier alpha value is -3.81. The van der Waals surface area contributed by atoms with Crippen LogP contribution >= 0.6 is 0 Å². The van der Waals surface area contributed by atoms with Gasteiger partial charge in [0.05, 0.1) is 0 Å². The fraction of sp³-hybridized carbons (Fsp3) is 0.344. The number of esters is 1. The monoisotopic (exact) mass is 531 g/mol. The van der Waals surface area contributed by atoms with Crippen LogP contribution in [-0.4, -0.2) is 55.1 Å². The van der Waals surface area contributed by atoms with E-state index in [1.165, 1.54) is 6.92 Å². The molecular weight excluding hydrogens is 494 g/mol. The van der Waals surface area contributed by atoms with Crippen LogP contribution < -0.4 is 18.9 Å². The van der Waals surface area contributed by atoms with Gasteiger partial charge in [-0.3, -0.25) is 4.79 Å². The lowest BCUT2D eigenvalue weighted by Crippen LogP contribution is -2.35. The first kappa shape index (κ1) is 28.2. The highest BCUT2D eigenvalue weighted by molar-refractivity contribution is 5.99. The van der Waals surface area contributed by atoms with Crippen molar-refractivity contribution >= 4 is 17.1 Å². The van der Waals surface area contributed by atoms with Gasteiger partial charge < -0.3 is 29.0 Å². The van der Waals surface area contributed by atoms with Crippen molar-refractivity contribution in [1.29, 1.82) is 0 Å². The molecular formula is C32H37NO6. The van der Waals surface area contributed by atoms with Crippen LogP contribution in [0.2, 0.25) is 0 Å². The third-order valence-corrected chi connectivity index (χ3v) is 6.73. The maximum absolute atomic E-state index is 11.4. The Balaban J connectivity index is 1.66. The van der Waals surface area contributed by atoms with Gasteiger partial charge in [0, 0.05) is 13.5 Å². The minimum Gasteiger partial charge on any atom is -0.491 e. The van der Waals surface area contributed by atoms with Gasteiger partial charge in [0.1, 0.15) is 24.2 Å². The zero-order valence-electron chi connectivity index (χ0n) is 23.1. The predicted molar refractivity (Wildman–Crippen MR) is 152 cm³/mol. The van der Waals surface area contributed by atoms with Crippen molar-refractivity contribution in [3.05, 3.63) is 83.4 Å². The van der Waals surface area contributed by atoms with Crippen LogP contribution in [0.4, 0.5) is 0 Å². The van der Waals surface area contributed by atoms with Crippen LogP contribution in [0.25, 0.3) is 11.1 Å². The summed E-state index contributed by atoms with van der Waals surface area (Å²) in [5.41, 5.74) is 5.24. The average molecular weight is 532 g/mol. The summed E-state index contributed by atoms with van der Waals surface area (Å²) < 4.78 is 22.3. The standard InChI is InChI=1S/C32H37NO6/c1-5-29(25-12-17-30-31(18-25)38-21-37-30)32(24-10-15-28(16-11-24)39-22(4)34)23-8-13-27(14-9-23)36-20-26(35)19-33(6-2)7-3/h8-18,26,35H,5-7,19-21H2,1-4H3. The van der Waals surface area contributed by atoms with E-state index in [4.69, 9.17) is 18.9 Å². The Kier molecular flexibility index (Phi) is 9.63. The number of fused-ring (bicyclic) bond motifs is 1. The Labute approximate surface area is 230 Å². The summed E-state index contributed by atoms with van der Waals surface area (Å²) in [6.45, 7) is 10.5. The maximum Gasteiger partial charge on any atom is 0.308 e. The number of carbonyl (C=O) groups is 1. The number of likely N-dealkylation sites (N-methyl/N-ethyl adjacent to an activating group) is 1. The van der Waals surface area contributed by atoms with E-state index in [0.29, 0.717) is 18.0 Å². The molecule has 1 N–H and O–H groups in total. The Morgan fingerprint density at radius 2 is 1.46 bits per heavy atom. The number of hydrogen-bond acceptors (Lipinski definition) is 7. The number of rotatable bonds is 12. The molecule has 0 fully saturated rings. The molecule has 0 saturated carbocycles. The molecule has 0 radical (unpaired) electrons. The van der Waals surface area contributed by atoms with Crippen molar-refractivity contribution in [3.63, 3.8) is 0 Å². The summed E-state index contributed by atoms with van der Waals surface area (Å²) in [7, 11) is 0. The quantitative estimate of drug-likeness (QED) is 0.180. The van der Waals surface area contributed by atoms with Crippen LogP contribution in [0.1, 0.15) is 50.8 Å². The third-order valence-electron chi connectivity index (χ3n) is 6.73. The van der Waals surface area contributed by atoms with E-state index in [-0.39, 0.29) is 19.4 Å². The number of allylic oxidation sites excluding steroid dienone is 1. The number of carbonyl (C=O) groups excluding carboxylic acids is 1. The molecule has 4 rings (SSSR count). The van der Waals surface area contributed by atoms with Gasteiger partial charge in [0.25, 0.3) is 0 Å². The average Bonchev–Trinajstić information content (AvgIpc) is 3.42. The highest BCUT2D eigenvalue weighted by Crippen LogP contribution is 2.40. The van der Waals surface area contributed by atoms with E-state index in [9.17, 15) is 9.90 Å². The predicted octanol–water partition coefficient (Wildman–Crippen LogP) is 5.79. The number of aliphatic hydroxyl groups is 1. The number of aliphatic hydroxyl groups excluding tert-OH is 1. The van der Waals surface area contributed by atoms with Crippen LogP contribution in [0.3, 0.4) is 0 Å². The molecule has 0 aliphatic carbocycles. The van der Waals surface area contributed by atoms with Gasteiger partial charge in [0.2, 0.25) is 6.79 Å². The second-order valence-electron chi connectivity index (χ2n) is 9.37. The molecule has 7 heteroatoms. The molecule has 0 aromatic heterocycles. The second-order valence-corrected chi connectivity index (χ2v) is 9.37. The molecule has 1 aliphatic rings. The fourth-order valence-corrected chi connectivity index (χ4v) is 4.72. The minimum absolute atomic E-state index is 0.222. The van der Waals surface area contributed by atoms with E-state index in [1.54, 1.807) is 12.1 Å². The first-order valence-corrected chi connectivity index (χ1v) is 13.5. The van der Waals surface area contributed by atoms with Gasteiger partial charge in [-0.1, -0.05) is 51.1 Å². The van der Waals surface area contributed by atoms with Gasteiger partial charge in [-0.25, -0.2) is 0 Å². The van der Waals surface area contributed by atoms with Crippen molar-refractivity contribution in [2.45, 2.75) is 40.2 Å². The molecule has 3 aromatic carbocycles. The molecule has 3 aromatic rings. The van der Waals surface area contributed by atoms with E-state index < -0.39 is 6.10 Å². The third kappa shape index (κ3) is 7.19. The van der Waals surface area contributed by atoms with Crippen molar-refractivity contribution in [1.82, 2.24) is 4.90 Å². The van der Waals surface area contributed by atoms with Crippen molar-refractivity contribution < 1.29 is 28.8 Å². The summed E-state index contributed by atoms with van der Waals surface area (Å²) in [5.74, 6) is 2.31. The topological polar surface area (TPSA) is 77.5 Å². The molecule has 1 unspecified atom stereocenters. The summed E-state index contributed by atoms with van der Waals surface area (Å²) in [6.07, 6.45) is 0.213. The van der Waals surface area contributed by atoms with Crippen molar-refractivity contribution in [2.75, 3.05) is 33.0 Å². The molecule has 1 atom stereocenters. The van der Waals surface area contributed by atoms with E-state index >= 15 is 0 Å². The number of benzene rings is 3. The smallest absolute Gasteiger partial charge is 0.308 e.